The molecule has 7 heteroatoms. The van der Waals surface area contributed by atoms with Crippen molar-refractivity contribution in [2.45, 2.75) is 0 Å². The van der Waals surface area contributed by atoms with Crippen LogP contribution in [0.2, 0.25) is 0 Å². The van der Waals surface area contributed by atoms with Gasteiger partial charge in [-0.25, -0.2) is 8.42 Å². The molecule has 0 aliphatic heterocycles. The molecule has 0 amide bonds. The molecule has 0 saturated carbocycles. The number of fused-ring (bicyclic) bond motifs is 1. The Labute approximate surface area is 145 Å². The Bertz CT molecular complexity index is 1170. The zero-order valence-corrected chi connectivity index (χ0v) is 14.5. The number of hydrogen-bond acceptors (Lipinski definition) is 4. The number of aromatic nitrogens is 1. The second-order valence-corrected chi connectivity index (χ2v) is 7.45. The van der Waals surface area contributed by atoms with Crippen LogP contribution in [0.1, 0.15) is 5.69 Å². The molecule has 0 bridgehead atoms. The lowest BCUT2D eigenvalue weighted by Gasteiger charge is -2.14. The van der Waals surface area contributed by atoms with Gasteiger partial charge in [0.2, 0.25) is 10.0 Å². The van der Waals surface area contributed by atoms with Gasteiger partial charge in [-0.15, -0.1) is 0 Å². The number of sulfonamides is 1. The molecular weight excluding hydrogens is 338 g/mol. The Morgan fingerprint density at radius 3 is 2.36 bits per heavy atom. The maximum Gasteiger partial charge on any atom is 0.259 e. The second kappa shape index (κ2) is 6.07. The molecule has 1 aromatic heterocycles. The van der Waals surface area contributed by atoms with Crippen LogP contribution in [-0.4, -0.2) is 19.2 Å². The third-order valence-corrected chi connectivity index (χ3v) is 4.47. The number of benzene rings is 2. The number of nitrogens with one attached hydrogen (secondary N) is 1. The monoisotopic (exact) mass is 353 g/mol. The van der Waals surface area contributed by atoms with Gasteiger partial charge in [0, 0.05) is 23.7 Å². The smallest absolute Gasteiger partial charge is 0.259 e. The number of rotatable bonds is 3. The number of nitriles is 1. The SMILES string of the molecule is Cn1c(C#N)c(-c2ccccc2)c2cc(NS(C)(=O)=O)ccc2c1=O. The van der Waals surface area contributed by atoms with E-state index < -0.39 is 10.0 Å². The highest BCUT2D eigenvalue weighted by atomic mass is 32.2. The molecule has 1 N–H and O–H groups in total. The van der Waals surface area contributed by atoms with Crippen LogP contribution >= 0.6 is 0 Å². The number of pyridine rings is 1. The molecule has 126 valence electrons. The molecule has 25 heavy (non-hydrogen) atoms. The van der Waals surface area contributed by atoms with Crippen LogP contribution in [0, 0.1) is 11.3 Å². The molecule has 3 rings (SSSR count). The zero-order chi connectivity index (χ0) is 18.2. The average Bonchev–Trinajstić information content (AvgIpc) is 2.57. The Morgan fingerprint density at radius 2 is 1.76 bits per heavy atom. The van der Waals surface area contributed by atoms with Gasteiger partial charge in [-0.1, -0.05) is 30.3 Å². The highest BCUT2D eigenvalue weighted by Crippen LogP contribution is 2.31. The summed E-state index contributed by atoms with van der Waals surface area (Å²) in [5.74, 6) is 0. The predicted molar refractivity (Wildman–Crippen MR) is 97.8 cm³/mol. The van der Waals surface area contributed by atoms with Gasteiger partial charge in [-0.2, -0.15) is 5.26 Å². The fourth-order valence-corrected chi connectivity index (χ4v) is 3.38. The summed E-state index contributed by atoms with van der Waals surface area (Å²) in [6, 6.07) is 16.0. The summed E-state index contributed by atoms with van der Waals surface area (Å²) < 4.78 is 26.7. The van der Waals surface area contributed by atoms with Gasteiger partial charge in [0.1, 0.15) is 11.8 Å². The van der Waals surface area contributed by atoms with E-state index in [1.807, 2.05) is 30.3 Å². The predicted octanol–water partition coefficient (Wildman–Crippen LogP) is 2.45. The largest absolute Gasteiger partial charge is 0.302 e. The number of hydrogen-bond donors (Lipinski definition) is 1. The summed E-state index contributed by atoms with van der Waals surface area (Å²) in [5.41, 5.74) is 1.62. The van der Waals surface area contributed by atoms with E-state index in [4.69, 9.17) is 0 Å². The Kier molecular flexibility index (Phi) is 4.07. The minimum Gasteiger partial charge on any atom is -0.302 e. The quantitative estimate of drug-likeness (QED) is 0.783. The van der Waals surface area contributed by atoms with Crippen LogP contribution < -0.4 is 10.3 Å². The van der Waals surface area contributed by atoms with Crippen molar-refractivity contribution in [1.82, 2.24) is 4.57 Å². The van der Waals surface area contributed by atoms with Gasteiger partial charge in [-0.05, 0) is 29.1 Å². The number of nitrogens with zero attached hydrogens (tertiary/aromatic N) is 2. The maximum atomic E-state index is 12.6. The molecule has 0 fully saturated rings. The van der Waals surface area contributed by atoms with E-state index >= 15 is 0 Å². The lowest BCUT2D eigenvalue weighted by Crippen LogP contribution is -2.21. The van der Waals surface area contributed by atoms with Crippen molar-refractivity contribution >= 4 is 26.5 Å². The van der Waals surface area contributed by atoms with Crippen molar-refractivity contribution in [1.29, 1.82) is 5.26 Å². The first-order chi connectivity index (χ1) is 11.8. The standard InChI is InChI=1S/C18H15N3O3S/c1-21-16(11-19)17(12-6-4-3-5-7-12)15-10-13(20-25(2,23)24)8-9-14(15)18(21)22/h3-10,20H,1-2H3. The van der Waals surface area contributed by atoms with Crippen molar-refractivity contribution in [3.05, 3.63) is 64.6 Å². The summed E-state index contributed by atoms with van der Waals surface area (Å²) in [4.78, 5) is 12.6. The summed E-state index contributed by atoms with van der Waals surface area (Å²) in [7, 11) is -1.90. The van der Waals surface area contributed by atoms with Crippen LogP contribution in [0.4, 0.5) is 5.69 Å². The first kappa shape index (κ1) is 16.7. The van der Waals surface area contributed by atoms with Crippen molar-refractivity contribution in [3.63, 3.8) is 0 Å². The minimum absolute atomic E-state index is 0.222. The Morgan fingerprint density at radius 1 is 1.08 bits per heavy atom. The summed E-state index contributed by atoms with van der Waals surface area (Å²) in [6.45, 7) is 0. The van der Waals surface area contributed by atoms with Crippen molar-refractivity contribution in [2.24, 2.45) is 7.05 Å². The van der Waals surface area contributed by atoms with E-state index in [-0.39, 0.29) is 11.3 Å². The zero-order valence-electron chi connectivity index (χ0n) is 13.6. The van der Waals surface area contributed by atoms with Gasteiger partial charge in [0.25, 0.3) is 5.56 Å². The Hall–Kier alpha value is -3.11. The molecule has 0 aliphatic carbocycles. The molecule has 2 aromatic carbocycles. The first-order valence-electron chi connectivity index (χ1n) is 7.42. The lowest BCUT2D eigenvalue weighted by molar-refractivity contribution is 0.607. The number of anilines is 1. The summed E-state index contributed by atoms with van der Waals surface area (Å²) in [6.07, 6.45) is 1.06. The normalized spacial score (nSPS) is 11.2. The van der Waals surface area contributed by atoms with Crippen LogP contribution in [0.25, 0.3) is 21.9 Å². The molecule has 6 nitrogen and oxygen atoms in total. The van der Waals surface area contributed by atoms with Crippen molar-refractivity contribution in [2.75, 3.05) is 11.0 Å². The third-order valence-electron chi connectivity index (χ3n) is 3.87. The molecule has 0 aliphatic rings. The topological polar surface area (TPSA) is 92.0 Å². The minimum atomic E-state index is -3.46. The fourth-order valence-electron chi connectivity index (χ4n) is 2.82. The van der Waals surface area contributed by atoms with Crippen LogP contribution in [0.15, 0.2) is 53.3 Å². The molecular formula is C18H15N3O3S. The van der Waals surface area contributed by atoms with Crippen LogP contribution in [-0.2, 0) is 17.1 Å². The van der Waals surface area contributed by atoms with Crippen molar-refractivity contribution in [3.8, 4) is 17.2 Å². The molecule has 0 saturated heterocycles. The maximum absolute atomic E-state index is 12.6. The lowest BCUT2D eigenvalue weighted by atomic mass is 9.97. The van der Waals surface area contributed by atoms with E-state index in [0.717, 1.165) is 11.8 Å². The van der Waals surface area contributed by atoms with Gasteiger partial charge in [0.05, 0.1) is 6.26 Å². The van der Waals surface area contributed by atoms with E-state index in [9.17, 15) is 18.5 Å². The van der Waals surface area contributed by atoms with Gasteiger partial charge in [-0.3, -0.25) is 9.52 Å². The molecule has 0 spiro atoms. The average molecular weight is 353 g/mol. The van der Waals surface area contributed by atoms with Crippen molar-refractivity contribution < 1.29 is 8.42 Å². The fraction of sp³-hybridized carbons (Fsp3) is 0.111. The van der Waals surface area contributed by atoms with Crippen LogP contribution in [0.5, 0.6) is 0 Å². The third kappa shape index (κ3) is 3.12. The van der Waals surface area contributed by atoms with Crippen LogP contribution in [0.3, 0.4) is 0 Å². The van der Waals surface area contributed by atoms with Gasteiger partial charge >= 0.3 is 0 Å². The molecule has 0 radical (unpaired) electrons. The highest BCUT2D eigenvalue weighted by molar-refractivity contribution is 7.92. The van der Waals surface area contributed by atoms with Gasteiger partial charge < -0.3 is 4.57 Å². The van der Waals surface area contributed by atoms with E-state index in [0.29, 0.717) is 22.0 Å². The second-order valence-electron chi connectivity index (χ2n) is 5.70. The van der Waals surface area contributed by atoms with E-state index in [1.165, 1.54) is 10.6 Å². The van der Waals surface area contributed by atoms with E-state index in [2.05, 4.69) is 10.8 Å². The molecule has 0 unspecified atom stereocenters. The molecule has 0 atom stereocenters. The van der Waals surface area contributed by atoms with Gasteiger partial charge in [0.15, 0.2) is 0 Å². The summed E-state index contributed by atoms with van der Waals surface area (Å²) in [5, 5.41) is 10.5. The molecule has 1 heterocycles. The first-order valence-corrected chi connectivity index (χ1v) is 9.31. The highest BCUT2D eigenvalue weighted by Gasteiger charge is 2.17. The van der Waals surface area contributed by atoms with E-state index in [1.54, 1.807) is 19.2 Å². The summed E-state index contributed by atoms with van der Waals surface area (Å²) >= 11 is 0. The Balaban J connectivity index is 2.45. The molecule has 3 aromatic rings.